The maximum absolute atomic E-state index is 5.91. The fraction of sp³-hybridized carbons (Fsp3) is 0.500. The van der Waals surface area contributed by atoms with E-state index in [1.807, 2.05) is 32.2 Å². The number of anilines is 1. The van der Waals surface area contributed by atoms with E-state index in [1.54, 1.807) is 11.3 Å². The third-order valence-corrected chi connectivity index (χ3v) is 3.49. The molecule has 0 aliphatic carbocycles. The molecule has 0 saturated carbocycles. The van der Waals surface area contributed by atoms with E-state index in [1.165, 1.54) is 0 Å². The highest BCUT2D eigenvalue weighted by Gasteiger charge is 2.18. The SMILES string of the molecule is CCOC(C)(C)CNc1nc(Cl)nc2sccc12. The first-order valence-corrected chi connectivity index (χ1v) is 7.06. The van der Waals surface area contributed by atoms with Crippen LogP contribution in [0.3, 0.4) is 0 Å². The average molecular weight is 286 g/mol. The number of halogens is 1. The molecule has 2 aromatic rings. The van der Waals surface area contributed by atoms with E-state index in [9.17, 15) is 0 Å². The number of aromatic nitrogens is 2. The van der Waals surface area contributed by atoms with Gasteiger partial charge in [-0.2, -0.15) is 0 Å². The van der Waals surface area contributed by atoms with Gasteiger partial charge in [0.25, 0.3) is 0 Å². The van der Waals surface area contributed by atoms with Crippen molar-refractivity contribution in [2.24, 2.45) is 0 Å². The maximum atomic E-state index is 5.91. The lowest BCUT2D eigenvalue weighted by atomic mass is 10.1. The summed E-state index contributed by atoms with van der Waals surface area (Å²) in [6.45, 7) is 7.42. The van der Waals surface area contributed by atoms with Gasteiger partial charge in [-0.05, 0) is 43.8 Å². The lowest BCUT2D eigenvalue weighted by Gasteiger charge is -2.25. The van der Waals surface area contributed by atoms with E-state index < -0.39 is 0 Å². The molecule has 98 valence electrons. The van der Waals surface area contributed by atoms with Gasteiger partial charge in [-0.15, -0.1) is 11.3 Å². The molecule has 6 heteroatoms. The number of ether oxygens (including phenoxy) is 1. The summed E-state index contributed by atoms with van der Waals surface area (Å²) in [6, 6.07) is 1.99. The summed E-state index contributed by atoms with van der Waals surface area (Å²) >= 11 is 7.46. The lowest BCUT2D eigenvalue weighted by Crippen LogP contribution is -2.33. The van der Waals surface area contributed by atoms with Crippen LogP contribution in [-0.2, 0) is 4.74 Å². The first-order valence-electron chi connectivity index (χ1n) is 5.80. The summed E-state index contributed by atoms with van der Waals surface area (Å²) < 4.78 is 5.64. The van der Waals surface area contributed by atoms with E-state index in [4.69, 9.17) is 16.3 Å². The molecule has 4 nitrogen and oxygen atoms in total. The molecule has 0 aliphatic heterocycles. The van der Waals surface area contributed by atoms with Crippen molar-refractivity contribution in [1.82, 2.24) is 9.97 Å². The molecule has 0 spiro atoms. The molecule has 0 aromatic carbocycles. The third kappa shape index (κ3) is 3.10. The van der Waals surface area contributed by atoms with Gasteiger partial charge in [-0.25, -0.2) is 9.97 Å². The van der Waals surface area contributed by atoms with Crippen LogP contribution in [0, 0.1) is 0 Å². The number of hydrogen-bond donors (Lipinski definition) is 1. The van der Waals surface area contributed by atoms with E-state index in [0.29, 0.717) is 13.2 Å². The van der Waals surface area contributed by atoms with Gasteiger partial charge in [0.15, 0.2) is 0 Å². The third-order valence-electron chi connectivity index (χ3n) is 2.51. The van der Waals surface area contributed by atoms with Crippen LogP contribution in [0.4, 0.5) is 5.82 Å². The standard InChI is InChI=1S/C12H16ClN3OS/c1-4-17-12(2,3)7-14-9-8-5-6-18-10(8)16-11(13)15-9/h5-6H,4,7H2,1-3H3,(H,14,15,16). The first kappa shape index (κ1) is 13.5. The Morgan fingerprint density at radius 3 is 2.94 bits per heavy atom. The van der Waals surface area contributed by atoms with Crippen molar-refractivity contribution in [3.8, 4) is 0 Å². The molecule has 0 aliphatic rings. The summed E-state index contributed by atoms with van der Waals surface area (Å²) in [5.74, 6) is 0.763. The molecule has 0 radical (unpaired) electrons. The van der Waals surface area contributed by atoms with Crippen molar-refractivity contribution in [2.45, 2.75) is 26.4 Å². The Morgan fingerprint density at radius 1 is 1.44 bits per heavy atom. The maximum Gasteiger partial charge on any atom is 0.225 e. The van der Waals surface area contributed by atoms with Crippen LogP contribution in [0.2, 0.25) is 5.28 Å². The minimum absolute atomic E-state index is 0.242. The van der Waals surface area contributed by atoms with Crippen LogP contribution in [0.1, 0.15) is 20.8 Å². The van der Waals surface area contributed by atoms with Crippen LogP contribution >= 0.6 is 22.9 Å². The minimum atomic E-state index is -0.242. The second-order valence-electron chi connectivity index (χ2n) is 4.53. The molecular weight excluding hydrogens is 270 g/mol. The predicted octanol–water partition coefficient (Wildman–Crippen LogP) is 3.57. The van der Waals surface area contributed by atoms with Gasteiger partial charge in [0.05, 0.1) is 11.0 Å². The summed E-state index contributed by atoms with van der Waals surface area (Å²) in [5.41, 5.74) is -0.242. The smallest absolute Gasteiger partial charge is 0.225 e. The van der Waals surface area contributed by atoms with E-state index in [0.717, 1.165) is 16.0 Å². The van der Waals surface area contributed by atoms with E-state index in [2.05, 4.69) is 15.3 Å². The number of thiophene rings is 1. The zero-order valence-electron chi connectivity index (χ0n) is 10.7. The highest BCUT2D eigenvalue weighted by atomic mass is 35.5. The largest absolute Gasteiger partial charge is 0.374 e. The number of rotatable bonds is 5. The normalized spacial score (nSPS) is 12.0. The molecule has 0 atom stereocenters. The van der Waals surface area contributed by atoms with Crippen molar-refractivity contribution in [3.05, 3.63) is 16.7 Å². The van der Waals surface area contributed by atoms with Gasteiger partial charge in [-0.1, -0.05) is 0 Å². The highest BCUT2D eigenvalue weighted by molar-refractivity contribution is 7.16. The monoisotopic (exact) mass is 285 g/mol. The van der Waals surface area contributed by atoms with Crippen LogP contribution in [0.25, 0.3) is 10.2 Å². The predicted molar refractivity (Wildman–Crippen MR) is 76.6 cm³/mol. The van der Waals surface area contributed by atoms with Gasteiger partial charge in [0.2, 0.25) is 5.28 Å². The van der Waals surface area contributed by atoms with Crippen LogP contribution in [0.5, 0.6) is 0 Å². The summed E-state index contributed by atoms with van der Waals surface area (Å²) in [4.78, 5) is 9.30. The summed E-state index contributed by atoms with van der Waals surface area (Å²) in [7, 11) is 0. The van der Waals surface area contributed by atoms with Crippen molar-refractivity contribution in [1.29, 1.82) is 0 Å². The van der Waals surface area contributed by atoms with Gasteiger partial charge < -0.3 is 10.1 Å². The molecule has 18 heavy (non-hydrogen) atoms. The van der Waals surface area contributed by atoms with Crippen molar-refractivity contribution in [3.63, 3.8) is 0 Å². The number of nitrogens with one attached hydrogen (secondary N) is 1. The molecular formula is C12H16ClN3OS. The Bertz CT molecular complexity index is 541. The first-order chi connectivity index (χ1) is 8.52. The van der Waals surface area contributed by atoms with Crippen molar-refractivity contribution < 1.29 is 4.74 Å². The molecule has 0 unspecified atom stereocenters. The van der Waals surface area contributed by atoms with Crippen molar-refractivity contribution in [2.75, 3.05) is 18.5 Å². The van der Waals surface area contributed by atoms with Crippen LogP contribution in [0.15, 0.2) is 11.4 Å². The second-order valence-corrected chi connectivity index (χ2v) is 5.76. The summed E-state index contributed by atoms with van der Waals surface area (Å²) in [6.07, 6.45) is 0. The Kier molecular flexibility index (Phi) is 4.04. The Morgan fingerprint density at radius 2 is 2.22 bits per heavy atom. The van der Waals surface area contributed by atoms with Gasteiger partial charge in [-0.3, -0.25) is 0 Å². The summed E-state index contributed by atoms with van der Waals surface area (Å²) in [5, 5.41) is 6.53. The topological polar surface area (TPSA) is 47.0 Å². The van der Waals surface area contributed by atoms with Crippen molar-refractivity contribution >= 4 is 39.0 Å². The quantitative estimate of drug-likeness (QED) is 0.853. The number of nitrogens with zero attached hydrogens (tertiary/aromatic N) is 2. The van der Waals surface area contributed by atoms with Gasteiger partial charge in [0.1, 0.15) is 10.6 Å². The molecule has 0 bridgehead atoms. The Hall–Kier alpha value is -0.910. The molecule has 0 saturated heterocycles. The average Bonchev–Trinajstić information content (AvgIpc) is 2.73. The minimum Gasteiger partial charge on any atom is -0.374 e. The molecule has 2 rings (SSSR count). The molecule has 0 amide bonds. The highest BCUT2D eigenvalue weighted by Crippen LogP contribution is 2.26. The number of hydrogen-bond acceptors (Lipinski definition) is 5. The zero-order valence-corrected chi connectivity index (χ0v) is 12.2. The number of fused-ring (bicyclic) bond motifs is 1. The van der Waals surface area contributed by atoms with Gasteiger partial charge in [0, 0.05) is 13.2 Å². The Balaban J connectivity index is 2.19. The molecule has 2 aromatic heterocycles. The zero-order chi connectivity index (χ0) is 13.2. The fourth-order valence-electron chi connectivity index (χ4n) is 1.70. The van der Waals surface area contributed by atoms with Crippen LogP contribution < -0.4 is 5.32 Å². The van der Waals surface area contributed by atoms with Crippen LogP contribution in [-0.4, -0.2) is 28.7 Å². The lowest BCUT2D eigenvalue weighted by molar-refractivity contribution is 0.000663. The second kappa shape index (κ2) is 5.38. The fourth-order valence-corrected chi connectivity index (χ4v) is 2.69. The Labute approximate surface area is 115 Å². The van der Waals surface area contributed by atoms with E-state index >= 15 is 0 Å². The van der Waals surface area contributed by atoms with Gasteiger partial charge >= 0.3 is 0 Å². The van der Waals surface area contributed by atoms with E-state index in [-0.39, 0.29) is 10.9 Å². The molecule has 0 fully saturated rings. The molecule has 2 heterocycles. The molecule has 1 N–H and O–H groups in total.